The van der Waals surface area contributed by atoms with Gasteiger partial charge in [-0.1, -0.05) is 6.92 Å². The maximum Gasteiger partial charge on any atom is 0.251 e. The van der Waals surface area contributed by atoms with E-state index in [0.29, 0.717) is 5.92 Å². The minimum atomic E-state index is -0.0949. The topological polar surface area (TPSA) is 29.5 Å². The monoisotopic (exact) mass is 155 g/mol. The highest BCUT2D eigenvalue weighted by Gasteiger charge is 2.35. The fourth-order valence-electron chi connectivity index (χ4n) is 1.51. The van der Waals surface area contributed by atoms with Crippen molar-refractivity contribution in [2.24, 2.45) is 5.92 Å². The molecule has 3 heteroatoms. The van der Waals surface area contributed by atoms with Crippen molar-refractivity contribution in [3.05, 3.63) is 0 Å². The summed E-state index contributed by atoms with van der Waals surface area (Å²) in [4.78, 5) is 13.2. The van der Waals surface area contributed by atoms with E-state index < -0.39 is 0 Å². The Morgan fingerprint density at radius 3 is 2.55 bits per heavy atom. The number of ether oxygens (including phenoxy) is 1. The van der Waals surface area contributed by atoms with Crippen molar-refractivity contribution < 1.29 is 9.53 Å². The number of nitrogens with zero attached hydrogens (tertiary/aromatic N) is 1. The van der Waals surface area contributed by atoms with Crippen LogP contribution in [0.3, 0.4) is 0 Å². The van der Waals surface area contributed by atoms with E-state index in [1.165, 1.54) is 0 Å². The number of hydrogen-bond donors (Lipinski definition) is 0. The van der Waals surface area contributed by atoms with Crippen molar-refractivity contribution in [2.75, 3.05) is 19.7 Å². The molecule has 0 aliphatic carbocycles. The number of hydrogen-bond acceptors (Lipinski definition) is 2. The minimum absolute atomic E-state index is 0.0949. The molecule has 1 amide bonds. The van der Waals surface area contributed by atoms with Gasteiger partial charge in [0.25, 0.3) is 5.91 Å². The minimum Gasteiger partial charge on any atom is -0.368 e. The van der Waals surface area contributed by atoms with Crippen LogP contribution in [-0.4, -0.2) is 36.6 Å². The lowest BCUT2D eigenvalue weighted by atomic mass is 10.0. The average molecular weight is 155 g/mol. The van der Waals surface area contributed by atoms with E-state index in [1.807, 2.05) is 4.90 Å². The molecule has 2 heterocycles. The zero-order chi connectivity index (χ0) is 7.84. The van der Waals surface area contributed by atoms with Crippen LogP contribution in [-0.2, 0) is 9.53 Å². The summed E-state index contributed by atoms with van der Waals surface area (Å²) >= 11 is 0. The van der Waals surface area contributed by atoms with Crippen LogP contribution in [0, 0.1) is 5.92 Å². The zero-order valence-electron chi connectivity index (χ0n) is 6.75. The predicted molar refractivity (Wildman–Crippen MR) is 40.1 cm³/mol. The highest BCUT2D eigenvalue weighted by atomic mass is 16.5. The molecule has 0 radical (unpaired) electrons. The van der Waals surface area contributed by atoms with Crippen LogP contribution in [0.4, 0.5) is 0 Å². The Morgan fingerprint density at radius 2 is 2.18 bits per heavy atom. The number of carbonyl (C=O) groups is 1. The SMILES string of the molecule is CC1CN(C(=O)C2CCO2)C1. The Balaban J connectivity index is 1.81. The van der Waals surface area contributed by atoms with Gasteiger partial charge < -0.3 is 9.64 Å². The maximum absolute atomic E-state index is 11.4. The maximum atomic E-state index is 11.4. The second-order valence-electron chi connectivity index (χ2n) is 3.50. The van der Waals surface area contributed by atoms with Crippen molar-refractivity contribution in [3.8, 4) is 0 Å². The summed E-state index contributed by atoms with van der Waals surface area (Å²) in [5.41, 5.74) is 0. The van der Waals surface area contributed by atoms with Gasteiger partial charge in [0.2, 0.25) is 0 Å². The Bertz CT molecular complexity index is 171. The summed E-state index contributed by atoms with van der Waals surface area (Å²) in [6.45, 7) is 4.78. The molecule has 3 nitrogen and oxygen atoms in total. The molecule has 1 unspecified atom stereocenters. The largest absolute Gasteiger partial charge is 0.368 e. The van der Waals surface area contributed by atoms with Crippen LogP contribution < -0.4 is 0 Å². The third-order valence-corrected chi connectivity index (χ3v) is 2.35. The number of rotatable bonds is 1. The first-order valence-corrected chi connectivity index (χ1v) is 4.18. The van der Waals surface area contributed by atoms with Crippen LogP contribution in [0.2, 0.25) is 0 Å². The second-order valence-corrected chi connectivity index (χ2v) is 3.50. The molecule has 0 spiro atoms. The summed E-state index contributed by atoms with van der Waals surface area (Å²) < 4.78 is 5.09. The van der Waals surface area contributed by atoms with Gasteiger partial charge in [-0.2, -0.15) is 0 Å². The molecular weight excluding hydrogens is 142 g/mol. The third kappa shape index (κ3) is 1.13. The fourth-order valence-corrected chi connectivity index (χ4v) is 1.51. The Kier molecular flexibility index (Phi) is 1.60. The van der Waals surface area contributed by atoms with E-state index in [2.05, 4.69) is 6.92 Å². The molecule has 2 aliphatic heterocycles. The van der Waals surface area contributed by atoms with E-state index in [0.717, 1.165) is 26.1 Å². The molecule has 0 N–H and O–H groups in total. The molecule has 0 aromatic heterocycles. The normalized spacial score (nSPS) is 31.0. The smallest absolute Gasteiger partial charge is 0.251 e. The quantitative estimate of drug-likeness (QED) is 0.543. The van der Waals surface area contributed by atoms with Crippen LogP contribution in [0.15, 0.2) is 0 Å². The molecule has 2 rings (SSSR count). The molecule has 0 aromatic carbocycles. The summed E-state index contributed by atoms with van der Waals surface area (Å²) in [7, 11) is 0. The molecule has 2 aliphatic rings. The van der Waals surface area contributed by atoms with Crippen LogP contribution in [0.1, 0.15) is 13.3 Å². The molecule has 0 bridgehead atoms. The van der Waals surface area contributed by atoms with E-state index >= 15 is 0 Å². The van der Waals surface area contributed by atoms with Crippen molar-refractivity contribution in [1.82, 2.24) is 4.90 Å². The standard InChI is InChI=1S/C8H13NO2/c1-6-4-9(5-6)8(10)7-2-3-11-7/h6-7H,2-5H2,1H3. The molecule has 0 aromatic rings. The molecule has 11 heavy (non-hydrogen) atoms. The van der Waals surface area contributed by atoms with Crippen molar-refractivity contribution in [3.63, 3.8) is 0 Å². The number of amides is 1. The lowest BCUT2D eigenvalue weighted by Crippen LogP contribution is -2.55. The highest BCUT2D eigenvalue weighted by Crippen LogP contribution is 2.20. The molecule has 2 fully saturated rings. The van der Waals surface area contributed by atoms with Gasteiger partial charge in [0.05, 0.1) is 6.61 Å². The molecule has 1 atom stereocenters. The summed E-state index contributed by atoms with van der Waals surface area (Å²) in [6.07, 6.45) is 0.825. The lowest BCUT2D eigenvalue weighted by molar-refractivity contribution is -0.162. The predicted octanol–water partition coefficient (Wildman–Crippen LogP) is 0.254. The number of carbonyl (C=O) groups excluding carboxylic acids is 1. The first-order valence-electron chi connectivity index (χ1n) is 4.18. The Morgan fingerprint density at radius 1 is 1.55 bits per heavy atom. The first-order chi connectivity index (χ1) is 5.27. The van der Waals surface area contributed by atoms with Gasteiger partial charge in [0, 0.05) is 19.5 Å². The molecule has 62 valence electrons. The lowest BCUT2D eigenvalue weighted by Gasteiger charge is -2.41. The Labute approximate surface area is 66.3 Å². The van der Waals surface area contributed by atoms with E-state index in [4.69, 9.17) is 4.74 Å². The molecular formula is C8H13NO2. The average Bonchev–Trinajstić information content (AvgIpc) is 1.76. The van der Waals surface area contributed by atoms with Gasteiger partial charge in [-0.3, -0.25) is 4.79 Å². The van der Waals surface area contributed by atoms with Gasteiger partial charge >= 0.3 is 0 Å². The van der Waals surface area contributed by atoms with Gasteiger partial charge in [0.1, 0.15) is 6.10 Å². The second kappa shape index (κ2) is 2.48. The van der Waals surface area contributed by atoms with Gasteiger partial charge in [0.15, 0.2) is 0 Å². The highest BCUT2D eigenvalue weighted by molar-refractivity contribution is 5.82. The van der Waals surface area contributed by atoms with Crippen LogP contribution in [0.25, 0.3) is 0 Å². The van der Waals surface area contributed by atoms with Gasteiger partial charge in [-0.25, -0.2) is 0 Å². The zero-order valence-corrected chi connectivity index (χ0v) is 6.75. The third-order valence-electron chi connectivity index (χ3n) is 2.35. The van der Waals surface area contributed by atoms with Crippen molar-refractivity contribution in [2.45, 2.75) is 19.4 Å². The van der Waals surface area contributed by atoms with Crippen molar-refractivity contribution >= 4 is 5.91 Å². The van der Waals surface area contributed by atoms with E-state index in [-0.39, 0.29) is 12.0 Å². The Hall–Kier alpha value is -0.570. The van der Waals surface area contributed by atoms with Gasteiger partial charge in [-0.15, -0.1) is 0 Å². The van der Waals surface area contributed by atoms with Crippen molar-refractivity contribution in [1.29, 1.82) is 0 Å². The first kappa shape index (κ1) is 7.10. The van der Waals surface area contributed by atoms with E-state index in [1.54, 1.807) is 0 Å². The molecule has 0 saturated carbocycles. The van der Waals surface area contributed by atoms with Gasteiger partial charge in [-0.05, 0) is 5.92 Å². The summed E-state index contributed by atoms with van der Waals surface area (Å²) in [5.74, 6) is 0.897. The summed E-state index contributed by atoms with van der Waals surface area (Å²) in [5, 5.41) is 0. The number of likely N-dealkylation sites (tertiary alicyclic amines) is 1. The fraction of sp³-hybridized carbons (Fsp3) is 0.875. The molecule has 2 saturated heterocycles. The van der Waals surface area contributed by atoms with Crippen LogP contribution in [0.5, 0.6) is 0 Å². The van der Waals surface area contributed by atoms with Crippen LogP contribution >= 0.6 is 0 Å². The summed E-state index contributed by atoms with van der Waals surface area (Å²) in [6, 6.07) is 0. The van der Waals surface area contributed by atoms with E-state index in [9.17, 15) is 4.79 Å².